The van der Waals surface area contributed by atoms with Crippen molar-refractivity contribution in [2.24, 2.45) is 0 Å². The second-order valence-corrected chi connectivity index (χ2v) is 8.41. The average molecular weight is 443 g/mol. The summed E-state index contributed by atoms with van der Waals surface area (Å²) in [6, 6.07) is 21.5. The van der Waals surface area contributed by atoms with Gasteiger partial charge in [-0.15, -0.1) is 11.3 Å². The summed E-state index contributed by atoms with van der Waals surface area (Å²) in [5.41, 5.74) is 3.57. The van der Waals surface area contributed by atoms with Crippen molar-refractivity contribution < 1.29 is 9.18 Å². The second kappa shape index (κ2) is 8.72. The number of halogens is 1. The highest BCUT2D eigenvalue weighted by Gasteiger charge is 2.16. The molecule has 0 bridgehead atoms. The molecule has 158 valence electrons. The van der Waals surface area contributed by atoms with E-state index in [4.69, 9.17) is 0 Å². The molecule has 2 heterocycles. The zero-order valence-corrected chi connectivity index (χ0v) is 17.8. The fourth-order valence-electron chi connectivity index (χ4n) is 3.61. The van der Waals surface area contributed by atoms with Crippen molar-refractivity contribution >= 4 is 44.6 Å². The van der Waals surface area contributed by atoms with E-state index in [0.29, 0.717) is 6.54 Å². The highest BCUT2D eigenvalue weighted by atomic mass is 32.1. The van der Waals surface area contributed by atoms with Crippen LogP contribution in [0.2, 0.25) is 0 Å². The highest BCUT2D eigenvalue weighted by Crippen LogP contribution is 2.23. The Morgan fingerprint density at radius 3 is 2.59 bits per heavy atom. The Balaban J connectivity index is 1.38. The molecule has 7 heteroatoms. The number of carbonyl (C=O) groups is 1. The van der Waals surface area contributed by atoms with Gasteiger partial charge in [0.1, 0.15) is 10.8 Å². The molecule has 0 saturated heterocycles. The lowest BCUT2D eigenvalue weighted by molar-refractivity contribution is -0.117. The summed E-state index contributed by atoms with van der Waals surface area (Å²) < 4.78 is 16.5. The molecule has 0 radical (unpaired) electrons. The third-order valence-corrected chi connectivity index (χ3v) is 6.18. The monoisotopic (exact) mass is 442 g/mol. The largest absolute Gasteiger partial charge is 0.344 e. The Hall–Kier alpha value is -3.84. The number of para-hydroxylation sites is 3. The Labute approximate surface area is 187 Å². The molecule has 0 saturated carbocycles. The van der Waals surface area contributed by atoms with E-state index >= 15 is 0 Å². The van der Waals surface area contributed by atoms with Crippen molar-refractivity contribution in [2.45, 2.75) is 12.6 Å². The van der Waals surface area contributed by atoms with Crippen molar-refractivity contribution in [3.63, 3.8) is 0 Å². The predicted molar refractivity (Wildman–Crippen MR) is 126 cm³/mol. The molecular formula is C25H19FN4OS. The summed E-state index contributed by atoms with van der Waals surface area (Å²) >= 11 is 1.53. The van der Waals surface area contributed by atoms with Crippen LogP contribution in [0.15, 0.2) is 85.2 Å². The van der Waals surface area contributed by atoms with Gasteiger partial charge in [0.15, 0.2) is 0 Å². The predicted octanol–water partition coefficient (Wildman–Crippen LogP) is 5.36. The van der Waals surface area contributed by atoms with Crippen molar-refractivity contribution in [3.8, 4) is 0 Å². The van der Waals surface area contributed by atoms with Gasteiger partial charge in [0.2, 0.25) is 5.91 Å². The van der Waals surface area contributed by atoms with E-state index in [0.717, 1.165) is 31.8 Å². The molecule has 5 rings (SSSR count). The number of hydrogen-bond acceptors (Lipinski definition) is 4. The van der Waals surface area contributed by atoms with Gasteiger partial charge < -0.3 is 9.88 Å². The van der Waals surface area contributed by atoms with E-state index in [1.54, 1.807) is 24.5 Å². The summed E-state index contributed by atoms with van der Waals surface area (Å²) in [4.78, 5) is 21.7. The molecule has 5 aromatic rings. The van der Waals surface area contributed by atoms with Crippen LogP contribution in [0.4, 0.5) is 4.39 Å². The first-order chi connectivity index (χ1) is 15.7. The fourth-order valence-corrected chi connectivity index (χ4v) is 4.48. The summed E-state index contributed by atoms with van der Waals surface area (Å²) in [7, 11) is 0. The number of fused-ring (bicyclic) bond motifs is 2. The standard InChI is InChI=1S/C25H19FN4OS/c26-18-11-9-17(10-12-18)21(15-30-16-27-19-5-1-3-7-22(19)30)28-24(31)13-14-25-29-20-6-2-4-8-23(20)32-25/h1-14,16,21H,15H2,(H,28,31). The molecule has 1 N–H and O–H groups in total. The van der Waals surface area contributed by atoms with Crippen LogP contribution in [0.3, 0.4) is 0 Å². The quantitative estimate of drug-likeness (QED) is 0.360. The Kier molecular flexibility index (Phi) is 5.47. The zero-order valence-electron chi connectivity index (χ0n) is 17.0. The summed E-state index contributed by atoms with van der Waals surface area (Å²) in [5, 5.41) is 3.80. The average Bonchev–Trinajstić information content (AvgIpc) is 3.42. The first kappa shape index (κ1) is 20.1. The molecule has 1 amide bonds. The molecule has 0 aliphatic rings. The number of aromatic nitrogens is 3. The maximum absolute atomic E-state index is 13.5. The molecule has 0 aliphatic carbocycles. The van der Waals surface area contributed by atoms with Gasteiger partial charge in [-0.25, -0.2) is 14.4 Å². The summed E-state index contributed by atoms with van der Waals surface area (Å²) in [5.74, 6) is -0.564. The Morgan fingerprint density at radius 2 is 1.78 bits per heavy atom. The molecular weight excluding hydrogens is 423 g/mol. The number of nitrogens with one attached hydrogen (secondary N) is 1. The van der Waals surface area contributed by atoms with Crippen LogP contribution >= 0.6 is 11.3 Å². The van der Waals surface area contributed by atoms with Gasteiger partial charge >= 0.3 is 0 Å². The molecule has 5 nitrogen and oxygen atoms in total. The second-order valence-electron chi connectivity index (χ2n) is 7.35. The first-order valence-corrected chi connectivity index (χ1v) is 11.0. The van der Waals surface area contributed by atoms with Crippen LogP contribution in [-0.4, -0.2) is 20.4 Å². The van der Waals surface area contributed by atoms with Gasteiger partial charge in [0, 0.05) is 12.6 Å². The Morgan fingerprint density at radius 1 is 1.03 bits per heavy atom. The van der Waals surface area contributed by atoms with Crippen molar-refractivity contribution in [1.29, 1.82) is 0 Å². The highest BCUT2D eigenvalue weighted by molar-refractivity contribution is 7.19. The number of hydrogen-bond donors (Lipinski definition) is 1. The van der Waals surface area contributed by atoms with Gasteiger partial charge in [0.05, 0.1) is 33.6 Å². The van der Waals surface area contributed by atoms with E-state index in [2.05, 4.69) is 15.3 Å². The molecule has 32 heavy (non-hydrogen) atoms. The number of rotatable bonds is 6. The van der Waals surface area contributed by atoms with Crippen LogP contribution in [0.25, 0.3) is 27.3 Å². The van der Waals surface area contributed by atoms with Crippen LogP contribution in [0.5, 0.6) is 0 Å². The van der Waals surface area contributed by atoms with Crippen molar-refractivity contribution in [3.05, 3.63) is 102 Å². The molecule has 2 aromatic heterocycles. The molecule has 0 aliphatic heterocycles. The van der Waals surface area contributed by atoms with E-state index in [1.807, 2.05) is 53.1 Å². The van der Waals surface area contributed by atoms with Gasteiger partial charge in [0.25, 0.3) is 0 Å². The minimum Gasteiger partial charge on any atom is -0.344 e. The first-order valence-electron chi connectivity index (χ1n) is 10.2. The smallest absolute Gasteiger partial charge is 0.244 e. The number of nitrogens with zero attached hydrogens (tertiary/aromatic N) is 3. The van der Waals surface area contributed by atoms with E-state index in [1.165, 1.54) is 29.5 Å². The molecule has 3 aromatic carbocycles. The molecule has 1 atom stereocenters. The maximum atomic E-state index is 13.5. The minimum absolute atomic E-state index is 0.247. The summed E-state index contributed by atoms with van der Waals surface area (Å²) in [6.45, 7) is 0.465. The topological polar surface area (TPSA) is 59.8 Å². The Bertz CT molecular complexity index is 1390. The van der Waals surface area contributed by atoms with Gasteiger partial charge in [-0.2, -0.15) is 0 Å². The normalized spacial score (nSPS) is 12.5. The lowest BCUT2D eigenvalue weighted by Gasteiger charge is -2.19. The van der Waals surface area contributed by atoms with Gasteiger partial charge in [-0.3, -0.25) is 4.79 Å². The number of imidazole rings is 1. The lowest BCUT2D eigenvalue weighted by Crippen LogP contribution is -2.30. The number of carbonyl (C=O) groups excluding carboxylic acids is 1. The molecule has 0 fully saturated rings. The fraction of sp³-hybridized carbons (Fsp3) is 0.0800. The molecule has 1 unspecified atom stereocenters. The summed E-state index contributed by atoms with van der Waals surface area (Å²) in [6.07, 6.45) is 4.96. The van der Waals surface area contributed by atoms with Crippen LogP contribution in [-0.2, 0) is 11.3 Å². The lowest BCUT2D eigenvalue weighted by atomic mass is 10.1. The number of amides is 1. The number of benzene rings is 3. The maximum Gasteiger partial charge on any atom is 0.244 e. The van der Waals surface area contributed by atoms with Crippen LogP contribution < -0.4 is 5.32 Å². The number of thiazole rings is 1. The van der Waals surface area contributed by atoms with Crippen molar-refractivity contribution in [2.75, 3.05) is 0 Å². The third-order valence-electron chi connectivity index (χ3n) is 5.18. The SMILES string of the molecule is O=C(C=Cc1nc2ccccc2s1)NC(Cn1cnc2ccccc21)c1ccc(F)cc1. The van der Waals surface area contributed by atoms with E-state index in [-0.39, 0.29) is 17.8 Å². The zero-order chi connectivity index (χ0) is 21.9. The van der Waals surface area contributed by atoms with Gasteiger partial charge in [-0.05, 0) is 48.0 Å². The van der Waals surface area contributed by atoms with E-state index in [9.17, 15) is 9.18 Å². The van der Waals surface area contributed by atoms with Gasteiger partial charge in [-0.1, -0.05) is 36.4 Å². The van der Waals surface area contributed by atoms with Crippen LogP contribution in [0.1, 0.15) is 16.6 Å². The van der Waals surface area contributed by atoms with Crippen molar-refractivity contribution in [1.82, 2.24) is 19.9 Å². The minimum atomic E-state index is -0.360. The molecule has 0 spiro atoms. The van der Waals surface area contributed by atoms with Crippen LogP contribution in [0, 0.1) is 5.82 Å². The third kappa shape index (κ3) is 4.29. The van der Waals surface area contributed by atoms with E-state index < -0.39 is 0 Å².